The van der Waals surface area contributed by atoms with Crippen LogP contribution in [0, 0.1) is 0 Å². The molecule has 1 aliphatic rings. The summed E-state index contributed by atoms with van der Waals surface area (Å²) in [4.78, 5) is 26.1. The first kappa shape index (κ1) is 24.9. The van der Waals surface area contributed by atoms with Gasteiger partial charge in [-0.2, -0.15) is 8.75 Å². The zero-order valence-electron chi connectivity index (χ0n) is 18.9. The van der Waals surface area contributed by atoms with E-state index in [9.17, 15) is 14.7 Å². The molecule has 1 aliphatic heterocycles. The number of rotatable bonds is 7. The van der Waals surface area contributed by atoms with Crippen molar-refractivity contribution in [2.75, 3.05) is 13.9 Å². The third-order valence-electron chi connectivity index (χ3n) is 5.50. The summed E-state index contributed by atoms with van der Waals surface area (Å²) in [6.45, 7) is 0.0630. The van der Waals surface area contributed by atoms with Gasteiger partial charge in [0.15, 0.2) is 17.3 Å². The summed E-state index contributed by atoms with van der Waals surface area (Å²) in [6.07, 6.45) is 0.0634. The van der Waals surface area contributed by atoms with Gasteiger partial charge in [0.2, 0.25) is 6.79 Å². The van der Waals surface area contributed by atoms with Crippen molar-refractivity contribution in [1.82, 2.24) is 8.75 Å². The van der Waals surface area contributed by atoms with Gasteiger partial charge in [0, 0.05) is 23.1 Å². The van der Waals surface area contributed by atoms with Crippen molar-refractivity contribution in [3.05, 3.63) is 82.9 Å². The van der Waals surface area contributed by atoms with E-state index in [1.54, 1.807) is 67.8 Å². The van der Waals surface area contributed by atoms with Crippen LogP contribution in [0.5, 0.6) is 17.2 Å². The van der Waals surface area contributed by atoms with Crippen molar-refractivity contribution in [3.63, 3.8) is 0 Å². The second-order valence-corrected chi connectivity index (χ2v) is 8.06. The molecule has 5 rings (SSSR count). The van der Waals surface area contributed by atoms with E-state index in [0.29, 0.717) is 33.8 Å². The van der Waals surface area contributed by atoms with Crippen molar-refractivity contribution in [3.8, 4) is 17.2 Å². The maximum Gasteiger partial charge on any atom is 1.00 e. The number of hydrogen-bond acceptors (Lipinski definition) is 9. The van der Waals surface area contributed by atoms with Gasteiger partial charge in [0.1, 0.15) is 16.8 Å². The first-order valence-electron chi connectivity index (χ1n) is 10.3. The first-order chi connectivity index (χ1) is 16.5. The molecule has 0 unspecified atom stereocenters. The number of carboxylic acid groups (broad SMARTS) is 1. The van der Waals surface area contributed by atoms with E-state index >= 15 is 0 Å². The smallest absolute Gasteiger partial charge is 0.545 e. The third kappa shape index (κ3) is 5.08. The predicted molar refractivity (Wildman–Crippen MR) is 123 cm³/mol. The normalized spacial score (nSPS) is 12.6. The molecule has 10 heteroatoms. The maximum atomic E-state index is 13.7. The van der Waals surface area contributed by atoms with Crippen molar-refractivity contribution in [1.29, 1.82) is 0 Å². The molecule has 0 radical (unpaired) electrons. The number of hydrogen-bond donors (Lipinski definition) is 0. The first-order valence-corrected chi connectivity index (χ1v) is 11.0. The number of nitrogens with zero attached hydrogens (tertiary/aromatic N) is 2. The molecule has 0 atom stereocenters. The van der Waals surface area contributed by atoms with Crippen LogP contribution in [-0.2, 0) is 11.2 Å². The SMILES string of the molecule is COc1ccc(CC(C(=O)c2ccc3c(c2)OCO3)=C(C(=O)[O-])c2ccc3nsnc3c2)cc1.[Na+]. The molecule has 35 heavy (non-hydrogen) atoms. The summed E-state index contributed by atoms with van der Waals surface area (Å²) in [5.41, 5.74) is 2.39. The zero-order valence-corrected chi connectivity index (χ0v) is 21.8. The van der Waals surface area contributed by atoms with Crippen LogP contribution in [0.4, 0.5) is 0 Å². The second-order valence-electron chi connectivity index (χ2n) is 7.53. The number of aromatic nitrogens is 2. The third-order valence-corrected chi connectivity index (χ3v) is 6.05. The molecule has 0 saturated carbocycles. The largest absolute Gasteiger partial charge is 1.00 e. The summed E-state index contributed by atoms with van der Waals surface area (Å²) in [5, 5.41) is 12.4. The number of carbonyl (C=O) groups excluding carboxylic acids is 2. The minimum Gasteiger partial charge on any atom is -0.545 e. The fourth-order valence-corrected chi connectivity index (χ4v) is 4.31. The number of ketones is 1. The van der Waals surface area contributed by atoms with Crippen LogP contribution >= 0.6 is 11.7 Å². The van der Waals surface area contributed by atoms with Gasteiger partial charge in [-0.1, -0.05) is 18.2 Å². The van der Waals surface area contributed by atoms with E-state index in [-0.39, 0.29) is 59.5 Å². The van der Waals surface area contributed by atoms with E-state index in [1.807, 2.05) is 0 Å². The Bertz CT molecular complexity index is 1450. The summed E-state index contributed by atoms with van der Waals surface area (Å²) in [7, 11) is 1.56. The van der Waals surface area contributed by atoms with Crippen LogP contribution < -0.4 is 48.9 Å². The number of aliphatic carboxylic acids is 1. The molecule has 1 aromatic heterocycles. The number of carbonyl (C=O) groups is 2. The Labute approximate surface area is 226 Å². The minimum absolute atomic E-state index is 0. The number of carboxylic acids is 1. The van der Waals surface area contributed by atoms with Gasteiger partial charge in [-0.3, -0.25) is 4.79 Å². The maximum absolute atomic E-state index is 13.7. The number of Topliss-reactive ketones (excluding diaryl/α,β-unsaturated/α-hetero) is 1. The minimum atomic E-state index is -1.46. The molecule has 0 N–H and O–H groups in total. The second kappa shape index (κ2) is 10.6. The number of ether oxygens (including phenoxy) is 3. The average molecular weight is 496 g/mol. The van der Waals surface area contributed by atoms with Gasteiger partial charge < -0.3 is 24.1 Å². The Morgan fingerprint density at radius 3 is 2.40 bits per heavy atom. The summed E-state index contributed by atoms with van der Waals surface area (Å²) < 4.78 is 24.3. The van der Waals surface area contributed by atoms with E-state index in [1.165, 1.54) is 0 Å². The van der Waals surface area contributed by atoms with E-state index in [4.69, 9.17) is 14.2 Å². The zero-order chi connectivity index (χ0) is 23.7. The van der Waals surface area contributed by atoms with Crippen LogP contribution in [0.1, 0.15) is 21.5 Å². The Balaban J connectivity index is 0.00000289. The molecule has 8 nitrogen and oxygen atoms in total. The number of methoxy groups -OCH3 is 1. The quantitative estimate of drug-likeness (QED) is 0.201. The number of fused-ring (bicyclic) bond motifs is 2. The molecule has 0 aliphatic carbocycles. The molecule has 0 amide bonds. The van der Waals surface area contributed by atoms with Gasteiger partial charge in [-0.05, 0) is 53.6 Å². The average Bonchev–Trinajstić information content (AvgIpc) is 3.52. The number of allylic oxidation sites excluding steroid dienone is 1. The van der Waals surface area contributed by atoms with Gasteiger partial charge in [0.25, 0.3) is 0 Å². The fourth-order valence-electron chi connectivity index (χ4n) is 3.79. The summed E-state index contributed by atoms with van der Waals surface area (Å²) >= 11 is 1.03. The van der Waals surface area contributed by atoms with Crippen molar-refractivity contribution in [2.45, 2.75) is 6.42 Å². The predicted octanol–water partition coefficient (Wildman–Crippen LogP) is 0.0617. The van der Waals surface area contributed by atoms with E-state index < -0.39 is 11.8 Å². The van der Waals surface area contributed by atoms with Crippen LogP contribution in [0.25, 0.3) is 16.6 Å². The standard InChI is InChI=1S/C25H18N2O6S.Na/c1-31-17-6-2-14(3-7-17)10-18(24(28)16-5-9-21-22(12-16)33-13-32-21)23(25(29)30)15-4-8-19-20(11-15)27-34-26-19;/h2-9,11-12H,10,13H2,1H3,(H,29,30);/q;+1/p-1. The molecule has 2 heterocycles. The van der Waals surface area contributed by atoms with E-state index in [0.717, 1.165) is 17.3 Å². The van der Waals surface area contributed by atoms with Crippen LogP contribution in [0.3, 0.4) is 0 Å². The summed E-state index contributed by atoms with van der Waals surface area (Å²) in [5.74, 6) is -0.304. The topological polar surface area (TPSA) is 111 Å². The molecular formula is C25H17N2NaO6S. The van der Waals surface area contributed by atoms with Crippen LogP contribution in [0.15, 0.2) is 66.2 Å². The van der Waals surface area contributed by atoms with Crippen LogP contribution in [-0.4, -0.2) is 34.4 Å². The molecule has 4 aromatic rings. The summed E-state index contributed by atoms with van der Waals surface area (Å²) in [6, 6.07) is 16.7. The van der Waals surface area contributed by atoms with Gasteiger partial charge in [-0.15, -0.1) is 0 Å². The fraction of sp³-hybridized carbons (Fsp3) is 0.120. The Kier molecular flexibility index (Phi) is 7.51. The number of benzene rings is 3. The molecular weight excluding hydrogens is 479 g/mol. The molecule has 0 fully saturated rings. The van der Waals surface area contributed by atoms with Gasteiger partial charge >= 0.3 is 29.6 Å². The van der Waals surface area contributed by atoms with E-state index in [2.05, 4.69) is 8.75 Å². The Morgan fingerprint density at radius 2 is 1.66 bits per heavy atom. The van der Waals surface area contributed by atoms with Crippen molar-refractivity contribution < 1.29 is 58.5 Å². The molecule has 0 bridgehead atoms. The van der Waals surface area contributed by atoms with Crippen molar-refractivity contribution >= 4 is 40.1 Å². The van der Waals surface area contributed by atoms with Gasteiger partial charge in [0.05, 0.1) is 24.8 Å². The Morgan fingerprint density at radius 1 is 0.943 bits per heavy atom. The van der Waals surface area contributed by atoms with Crippen molar-refractivity contribution in [2.24, 2.45) is 0 Å². The Hall–Kier alpha value is -3.24. The monoisotopic (exact) mass is 496 g/mol. The molecule has 3 aromatic carbocycles. The molecule has 0 spiro atoms. The molecule has 0 saturated heterocycles. The van der Waals surface area contributed by atoms with Crippen LogP contribution in [0.2, 0.25) is 0 Å². The van der Waals surface area contributed by atoms with Gasteiger partial charge in [-0.25, -0.2) is 0 Å². The molecule has 170 valence electrons.